The van der Waals surface area contributed by atoms with E-state index in [1.165, 1.54) is 0 Å². The van der Waals surface area contributed by atoms with Gasteiger partial charge in [-0.2, -0.15) is 0 Å². The van der Waals surface area contributed by atoms with Gasteiger partial charge in [0.15, 0.2) is 11.5 Å². The summed E-state index contributed by atoms with van der Waals surface area (Å²) < 4.78 is 11.4. The van der Waals surface area contributed by atoms with Gasteiger partial charge in [-0.05, 0) is 12.1 Å². The van der Waals surface area contributed by atoms with Gasteiger partial charge in [-0.1, -0.05) is 15.9 Å². The molecule has 0 amide bonds. The maximum atomic E-state index is 5.29. The lowest BCUT2D eigenvalue weighted by atomic mass is 10.1. The molecule has 0 saturated carbocycles. The van der Waals surface area contributed by atoms with Crippen LogP contribution >= 0.6 is 15.9 Å². The van der Waals surface area contributed by atoms with E-state index in [4.69, 9.17) is 15.4 Å². The lowest BCUT2D eigenvalue weighted by molar-refractivity contribution is 0.140. The lowest BCUT2D eigenvalue weighted by Crippen LogP contribution is -2.06. The number of nitrogens with two attached hydrogens (primary N) is 1. The van der Waals surface area contributed by atoms with Crippen molar-refractivity contribution in [3.63, 3.8) is 0 Å². The van der Waals surface area contributed by atoms with Crippen LogP contribution in [-0.2, 0) is 11.3 Å². The summed E-state index contributed by atoms with van der Waals surface area (Å²) >= 11 is 3.45. The van der Waals surface area contributed by atoms with Crippen LogP contribution in [0.4, 0.5) is 0 Å². The average Bonchev–Trinajstić information content (AvgIpc) is 2.27. The zero-order chi connectivity index (χ0) is 11.3. The minimum atomic E-state index is 0.433. The molecule has 0 heterocycles. The van der Waals surface area contributed by atoms with E-state index >= 15 is 0 Å². The van der Waals surface area contributed by atoms with Crippen LogP contribution < -0.4 is 15.4 Å². The molecule has 1 aromatic carbocycles. The molecule has 15 heavy (non-hydrogen) atoms. The molecule has 0 unspecified atom stereocenters. The number of halogens is 1. The number of methoxy groups -OCH3 is 2. The number of rotatable bonds is 5. The van der Waals surface area contributed by atoms with Crippen LogP contribution in [0.2, 0.25) is 0 Å². The molecule has 0 aliphatic heterocycles. The van der Waals surface area contributed by atoms with E-state index in [1.54, 1.807) is 14.2 Å². The fraction of sp³-hybridized carbons (Fsp3) is 0.400. The summed E-state index contributed by atoms with van der Waals surface area (Å²) in [6.07, 6.45) is 0.664. The molecular formula is C10H14BrNO3. The van der Waals surface area contributed by atoms with E-state index in [0.29, 0.717) is 24.5 Å². The van der Waals surface area contributed by atoms with Crippen LogP contribution in [0.5, 0.6) is 11.5 Å². The molecule has 0 aromatic heterocycles. The number of ether oxygens (including phenoxy) is 2. The van der Waals surface area contributed by atoms with E-state index < -0.39 is 0 Å². The molecule has 0 atom stereocenters. The largest absolute Gasteiger partial charge is 0.493 e. The van der Waals surface area contributed by atoms with Gasteiger partial charge in [0.05, 0.1) is 20.8 Å². The van der Waals surface area contributed by atoms with Crippen molar-refractivity contribution < 1.29 is 14.3 Å². The van der Waals surface area contributed by atoms with Crippen molar-refractivity contribution in [1.82, 2.24) is 0 Å². The third-order valence-electron chi connectivity index (χ3n) is 2.06. The highest BCUT2D eigenvalue weighted by Gasteiger charge is 2.13. The Morgan fingerprint density at radius 1 is 1.27 bits per heavy atom. The molecule has 0 radical (unpaired) electrons. The SMILES string of the molecule is COc1ccc(Br)c(CCON)c1OC. The lowest BCUT2D eigenvalue weighted by Gasteiger charge is -2.13. The predicted molar refractivity (Wildman–Crippen MR) is 61.1 cm³/mol. The molecule has 0 bridgehead atoms. The Bertz CT molecular complexity index is 331. The van der Waals surface area contributed by atoms with Crippen molar-refractivity contribution in [2.75, 3.05) is 20.8 Å². The van der Waals surface area contributed by atoms with Gasteiger partial charge in [0, 0.05) is 16.5 Å². The van der Waals surface area contributed by atoms with Crippen LogP contribution in [0.1, 0.15) is 5.56 Å². The average molecular weight is 276 g/mol. The molecule has 0 aliphatic rings. The van der Waals surface area contributed by atoms with Gasteiger partial charge in [0.25, 0.3) is 0 Å². The number of benzene rings is 1. The van der Waals surface area contributed by atoms with Gasteiger partial charge in [-0.15, -0.1) is 0 Å². The second-order valence-electron chi connectivity index (χ2n) is 2.88. The summed E-state index contributed by atoms with van der Waals surface area (Å²) in [5, 5.41) is 0. The Morgan fingerprint density at radius 2 is 2.00 bits per heavy atom. The Labute approximate surface area is 97.4 Å². The molecule has 0 spiro atoms. The highest BCUT2D eigenvalue weighted by atomic mass is 79.9. The van der Waals surface area contributed by atoms with Gasteiger partial charge < -0.3 is 14.3 Å². The van der Waals surface area contributed by atoms with Crippen molar-refractivity contribution in [2.24, 2.45) is 5.90 Å². The summed E-state index contributed by atoms with van der Waals surface area (Å²) in [7, 11) is 3.21. The Morgan fingerprint density at radius 3 is 2.53 bits per heavy atom. The molecule has 0 aliphatic carbocycles. The Kier molecular flexibility index (Phi) is 4.87. The molecule has 1 aromatic rings. The minimum absolute atomic E-state index is 0.433. The number of hydrogen-bond donors (Lipinski definition) is 1. The van der Waals surface area contributed by atoms with Crippen LogP contribution in [0.25, 0.3) is 0 Å². The van der Waals surface area contributed by atoms with E-state index in [-0.39, 0.29) is 0 Å². The zero-order valence-electron chi connectivity index (χ0n) is 8.75. The van der Waals surface area contributed by atoms with Gasteiger partial charge in [0.1, 0.15) is 0 Å². The van der Waals surface area contributed by atoms with Crippen molar-refractivity contribution in [1.29, 1.82) is 0 Å². The maximum absolute atomic E-state index is 5.29. The first-order valence-corrected chi connectivity index (χ1v) is 5.25. The van der Waals surface area contributed by atoms with Crippen LogP contribution in [0.15, 0.2) is 16.6 Å². The third-order valence-corrected chi connectivity index (χ3v) is 2.80. The van der Waals surface area contributed by atoms with E-state index in [0.717, 1.165) is 10.0 Å². The first-order valence-electron chi connectivity index (χ1n) is 4.45. The topological polar surface area (TPSA) is 53.7 Å². The van der Waals surface area contributed by atoms with Crippen molar-refractivity contribution >= 4 is 15.9 Å². The first-order chi connectivity index (χ1) is 7.24. The molecule has 0 fully saturated rings. The summed E-state index contributed by atoms with van der Waals surface area (Å²) in [6.45, 7) is 0.433. The first kappa shape index (κ1) is 12.3. The maximum Gasteiger partial charge on any atom is 0.165 e. The third kappa shape index (κ3) is 2.84. The van der Waals surface area contributed by atoms with Gasteiger partial charge in [-0.3, -0.25) is 0 Å². The Balaban J connectivity index is 3.07. The molecule has 84 valence electrons. The zero-order valence-corrected chi connectivity index (χ0v) is 10.3. The molecule has 5 heteroatoms. The smallest absolute Gasteiger partial charge is 0.165 e. The fourth-order valence-corrected chi connectivity index (χ4v) is 1.87. The van der Waals surface area contributed by atoms with Crippen molar-refractivity contribution in [2.45, 2.75) is 6.42 Å². The molecule has 1 rings (SSSR count). The number of hydrogen-bond acceptors (Lipinski definition) is 4. The van der Waals surface area contributed by atoms with Gasteiger partial charge in [-0.25, -0.2) is 5.90 Å². The monoisotopic (exact) mass is 275 g/mol. The van der Waals surface area contributed by atoms with Crippen molar-refractivity contribution in [3.05, 3.63) is 22.2 Å². The van der Waals surface area contributed by atoms with Crippen molar-refractivity contribution in [3.8, 4) is 11.5 Å². The van der Waals surface area contributed by atoms with E-state index in [9.17, 15) is 0 Å². The van der Waals surface area contributed by atoms with E-state index in [2.05, 4.69) is 20.8 Å². The van der Waals surface area contributed by atoms with Gasteiger partial charge >= 0.3 is 0 Å². The quantitative estimate of drug-likeness (QED) is 0.834. The summed E-state index contributed by atoms with van der Waals surface area (Å²) in [5.41, 5.74) is 0.988. The van der Waals surface area contributed by atoms with E-state index in [1.807, 2.05) is 12.1 Å². The molecule has 0 saturated heterocycles. The second-order valence-corrected chi connectivity index (χ2v) is 3.74. The van der Waals surface area contributed by atoms with Gasteiger partial charge in [0.2, 0.25) is 0 Å². The highest BCUT2D eigenvalue weighted by molar-refractivity contribution is 9.10. The molecule has 2 N–H and O–H groups in total. The summed E-state index contributed by atoms with van der Waals surface area (Å²) in [5.74, 6) is 6.41. The van der Waals surface area contributed by atoms with Crippen LogP contribution in [-0.4, -0.2) is 20.8 Å². The van der Waals surface area contributed by atoms with Crippen LogP contribution in [0, 0.1) is 0 Å². The predicted octanol–water partition coefficient (Wildman–Crippen LogP) is 1.90. The van der Waals surface area contributed by atoms with Crippen LogP contribution in [0.3, 0.4) is 0 Å². The Hall–Kier alpha value is -0.780. The summed E-state index contributed by atoms with van der Waals surface area (Å²) in [4.78, 5) is 4.56. The standard InChI is InChI=1S/C10H14BrNO3/c1-13-9-4-3-8(11)7(5-6-15-12)10(9)14-2/h3-4H,5-6,12H2,1-2H3. The molecular weight excluding hydrogens is 262 g/mol. The fourth-order valence-electron chi connectivity index (χ4n) is 1.36. The second kappa shape index (κ2) is 5.95. The molecule has 4 nitrogen and oxygen atoms in total. The minimum Gasteiger partial charge on any atom is -0.493 e. The highest BCUT2D eigenvalue weighted by Crippen LogP contribution is 2.36. The summed E-state index contributed by atoms with van der Waals surface area (Å²) in [6, 6.07) is 3.75. The normalized spacial score (nSPS) is 10.1.